The largest absolute Gasteiger partial charge is 0.391 e. The molecule has 1 aliphatic rings. The Hall–Kier alpha value is -0.410. The summed E-state index contributed by atoms with van der Waals surface area (Å²) < 4.78 is 0. The highest BCUT2D eigenvalue weighted by Gasteiger charge is 2.29. The molecule has 1 fully saturated rings. The van der Waals surface area contributed by atoms with Gasteiger partial charge in [-0.1, -0.05) is 6.92 Å². The van der Waals surface area contributed by atoms with Gasteiger partial charge in [0.05, 0.1) is 12.1 Å². The zero-order chi connectivity index (χ0) is 8.27. The van der Waals surface area contributed by atoms with Crippen molar-refractivity contribution in [3.8, 4) is 0 Å². The molecule has 0 spiro atoms. The number of aliphatic hydroxyl groups excluding tert-OH is 1. The van der Waals surface area contributed by atoms with E-state index in [1.165, 1.54) is 0 Å². The lowest BCUT2D eigenvalue weighted by atomic mass is 10.0. The van der Waals surface area contributed by atoms with Gasteiger partial charge in [-0.15, -0.1) is 0 Å². The molecule has 1 aliphatic heterocycles. The van der Waals surface area contributed by atoms with E-state index >= 15 is 0 Å². The van der Waals surface area contributed by atoms with Crippen LogP contribution in [0.1, 0.15) is 26.2 Å². The number of nitrogens with one attached hydrogen (secondary N) is 1. The predicted molar refractivity (Wildman–Crippen MR) is 42.3 cm³/mol. The maximum atomic E-state index is 11.2. The molecule has 2 N–H and O–H groups in total. The van der Waals surface area contributed by atoms with Gasteiger partial charge in [0, 0.05) is 6.42 Å². The molecule has 11 heavy (non-hydrogen) atoms. The molecular formula is C8H15NO2. The minimum atomic E-state index is -0.450. The molecule has 0 saturated carbocycles. The van der Waals surface area contributed by atoms with Gasteiger partial charge in [0.15, 0.2) is 5.78 Å². The van der Waals surface area contributed by atoms with Crippen molar-refractivity contribution < 1.29 is 9.90 Å². The molecule has 0 aromatic rings. The van der Waals surface area contributed by atoms with Crippen LogP contribution in [0.15, 0.2) is 0 Å². The molecule has 0 radical (unpaired) electrons. The highest BCUT2D eigenvalue weighted by molar-refractivity contribution is 5.84. The van der Waals surface area contributed by atoms with E-state index in [4.69, 9.17) is 0 Å². The van der Waals surface area contributed by atoms with Crippen molar-refractivity contribution in [3.63, 3.8) is 0 Å². The SMILES string of the molecule is CCCC(=O)[C@H]1NCCC1O. The van der Waals surface area contributed by atoms with E-state index in [9.17, 15) is 9.90 Å². The fourth-order valence-electron chi connectivity index (χ4n) is 1.42. The van der Waals surface area contributed by atoms with E-state index in [1.54, 1.807) is 0 Å². The molecule has 1 rings (SSSR count). The topological polar surface area (TPSA) is 49.3 Å². The second-order valence-corrected chi connectivity index (χ2v) is 3.00. The summed E-state index contributed by atoms with van der Waals surface area (Å²) in [5, 5.41) is 12.3. The summed E-state index contributed by atoms with van der Waals surface area (Å²) in [6.07, 6.45) is 1.70. The number of aliphatic hydroxyl groups is 1. The van der Waals surface area contributed by atoms with Crippen LogP contribution < -0.4 is 5.32 Å². The third kappa shape index (κ3) is 2.01. The zero-order valence-corrected chi connectivity index (χ0v) is 6.84. The molecule has 0 bridgehead atoms. The average Bonchev–Trinajstić information content (AvgIpc) is 2.36. The Balaban J connectivity index is 2.39. The summed E-state index contributed by atoms with van der Waals surface area (Å²) in [5.74, 6) is 0.150. The monoisotopic (exact) mass is 157 g/mol. The number of carbonyl (C=O) groups excluding carboxylic acids is 1. The van der Waals surface area contributed by atoms with Gasteiger partial charge >= 0.3 is 0 Å². The maximum absolute atomic E-state index is 11.2. The molecular weight excluding hydrogens is 142 g/mol. The maximum Gasteiger partial charge on any atom is 0.152 e. The fourth-order valence-corrected chi connectivity index (χ4v) is 1.42. The first-order chi connectivity index (χ1) is 5.25. The van der Waals surface area contributed by atoms with Crippen LogP contribution in [0, 0.1) is 0 Å². The molecule has 3 heteroatoms. The van der Waals surface area contributed by atoms with Crippen LogP contribution in [0.2, 0.25) is 0 Å². The summed E-state index contributed by atoms with van der Waals surface area (Å²) in [6.45, 7) is 2.74. The lowest BCUT2D eigenvalue weighted by Gasteiger charge is -2.11. The number of Topliss-reactive ketones (excluding diaryl/α,β-unsaturated/α-hetero) is 1. The Bertz CT molecular complexity index is 147. The second-order valence-electron chi connectivity index (χ2n) is 3.00. The quantitative estimate of drug-likeness (QED) is 0.610. The van der Waals surface area contributed by atoms with Gasteiger partial charge in [-0.05, 0) is 19.4 Å². The molecule has 0 aromatic carbocycles. The minimum Gasteiger partial charge on any atom is -0.391 e. The molecule has 0 aliphatic carbocycles. The molecule has 2 atom stereocenters. The van der Waals surface area contributed by atoms with E-state index in [0.717, 1.165) is 13.0 Å². The van der Waals surface area contributed by atoms with E-state index in [0.29, 0.717) is 12.8 Å². The van der Waals surface area contributed by atoms with Gasteiger partial charge in [-0.25, -0.2) is 0 Å². The molecule has 1 saturated heterocycles. The van der Waals surface area contributed by atoms with Crippen LogP contribution in [-0.2, 0) is 4.79 Å². The van der Waals surface area contributed by atoms with Gasteiger partial charge in [-0.2, -0.15) is 0 Å². The normalized spacial score (nSPS) is 30.7. The zero-order valence-electron chi connectivity index (χ0n) is 6.84. The van der Waals surface area contributed by atoms with E-state index in [2.05, 4.69) is 5.32 Å². The van der Waals surface area contributed by atoms with Crippen LogP contribution >= 0.6 is 0 Å². The van der Waals surface area contributed by atoms with Crippen LogP contribution in [0.25, 0.3) is 0 Å². The van der Waals surface area contributed by atoms with Crippen LogP contribution in [0.5, 0.6) is 0 Å². The molecule has 1 heterocycles. The van der Waals surface area contributed by atoms with Crippen LogP contribution in [0.3, 0.4) is 0 Å². The van der Waals surface area contributed by atoms with Crippen molar-refractivity contribution >= 4 is 5.78 Å². The predicted octanol–water partition coefficient (Wildman–Crippen LogP) is 0.0784. The third-order valence-corrected chi connectivity index (χ3v) is 2.03. The Labute approximate surface area is 66.8 Å². The Morgan fingerprint density at radius 1 is 1.73 bits per heavy atom. The lowest BCUT2D eigenvalue weighted by Crippen LogP contribution is -2.38. The molecule has 3 nitrogen and oxygen atoms in total. The lowest BCUT2D eigenvalue weighted by molar-refractivity contribution is -0.122. The van der Waals surface area contributed by atoms with Gasteiger partial charge in [0.25, 0.3) is 0 Å². The highest BCUT2D eigenvalue weighted by atomic mass is 16.3. The Kier molecular flexibility index (Phi) is 3.02. The second kappa shape index (κ2) is 3.83. The number of ketones is 1. The van der Waals surface area contributed by atoms with Crippen molar-refractivity contribution in [3.05, 3.63) is 0 Å². The van der Waals surface area contributed by atoms with Gasteiger partial charge < -0.3 is 10.4 Å². The molecule has 1 unspecified atom stereocenters. The van der Waals surface area contributed by atoms with Crippen molar-refractivity contribution in [2.75, 3.05) is 6.54 Å². The highest BCUT2D eigenvalue weighted by Crippen LogP contribution is 2.09. The molecule has 0 amide bonds. The van der Waals surface area contributed by atoms with Gasteiger partial charge in [0.2, 0.25) is 0 Å². The first kappa shape index (κ1) is 8.68. The summed E-state index contributed by atoms with van der Waals surface area (Å²) in [7, 11) is 0. The first-order valence-electron chi connectivity index (χ1n) is 4.20. The minimum absolute atomic E-state index is 0.150. The van der Waals surface area contributed by atoms with E-state index < -0.39 is 6.10 Å². The average molecular weight is 157 g/mol. The summed E-state index contributed by atoms with van der Waals surface area (Å²) in [4.78, 5) is 11.2. The van der Waals surface area contributed by atoms with Crippen LogP contribution in [-0.4, -0.2) is 29.6 Å². The van der Waals surface area contributed by atoms with E-state index in [1.807, 2.05) is 6.92 Å². The third-order valence-electron chi connectivity index (χ3n) is 2.03. The Morgan fingerprint density at radius 2 is 2.45 bits per heavy atom. The van der Waals surface area contributed by atoms with Crippen molar-refractivity contribution in [1.29, 1.82) is 0 Å². The first-order valence-corrected chi connectivity index (χ1v) is 4.20. The van der Waals surface area contributed by atoms with Crippen molar-refractivity contribution in [1.82, 2.24) is 5.32 Å². The standard InChI is InChI=1S/C8H15NO2/c1-2-3-6(10)8-7(11)4-5-9-8/h7-9,11H,2-5H2,1H3/t7?,8-/m1/s1. The number of hydrogen-bond donors (Lipinski definition) is 2. The summed E-state index contributed by atoms with van der Waals surface area (Å²) in [6, 6.07) is -0.282. The molecule has 0 aromatic heterocycles. The molecule has 64 valence electrons. The van der Waals surface area contributed by atoms with Crippen molar-refractivity contribution in [2.45, 2.75) is 38.3 Å². The number of hydrogen-bond acceptors (Lipinski definition) is 3. The smallest absolute Gasteiger partial charge is 0.152 e. The Morgan fingerprint density at radius 3 is 2.91 bits per heavy atom. The fraction of sp³-hybridized carbons (Fsp3) is 0.875. The van der Waals surface area contributed by atoms with Gasteiger partial charge in [-0.3, -0.25) is 4.79 Å². The van der Waals surface area contributed by atoms with Crippen LogP contribution in [0.4, 0.5) is 0 Å². The van der Waals surface area contributed by atoms with Crippen molar-refractivity contribution in [2.24, 2.45) is 0 Å². The van der Waals surface area contributed by atoms with E-state index in [-0.39, 0.29) is 11.8 Å². The summed E-state index contributed by atoms with van der Waals surface area (Å²) >= 11 is 0. The number of carbonyl (C=O) groups is 1. The summed E-state index contributed by atoms with van der Waals surface area (Å²) in [5.41, 5.74) is 0. The number of rotatable bonds is 3. The van der Waals surface area contributed by atoms with Gasteiger partial charge in [0.1, 0.15) is 0 Å².